The van der Waals surface area contributed by atoms with Gasteiger partial charge in [-0.05, 0) is 44.9 Å². The second-order valence-electron chi connectivity index (χ2n) is 21.7. The number of hydrogen-bond acceptors (Lipinski definition) is 6. The maximum atomic E-state index is 13.0. The summed E-state index contributed by atoms with van der Waals surface area (Å²) in [6.07, 6.45) is 64.0. The largest absolute Gasteiger partial charge is 0.756 e. The summed E-state index contributed by atoms with van der Waals surface area (Å²) in [5, 5.41) is 13.9. The van der Waals surface area contributed by atoms with Crippen LogP contribution in [0.4, 0.5) is 0 Å². The van der Waals surface area contributed by atoms with Gasteiger partial charge in [-0.15, -0.1) is 0 Å². The van der Waals surface area contributed by atoms with Crippen molar-refractivity contribution in [3.63, 3.8) is 0 Å². The Labute approximate surface area is 424 Å². The van der Waals surface area contributed by atoms with Gasteiger partial charge in [0.1, 0.15) is 13.2 Å². The van der Waals surface area contributed by atoms with Gasteiger partial charge in [-0.3, -0.25) is 9.36 Å². The van der Waals surface area contributed by atoms with E-state index in [0.29, 0.717) is 17.4 Å². The van der Waals surface area contributed by atoms with Crippen molar-refractivity contribution < 1.29 is 32.9 Å². The van der Waals surface area contributed by atoms with Gasteiger partial charge < -0.3 is 28.8 Å². The molecule has 1 amide bonds. The zero-order valence-corrected chi connectivity index (χ0v) is 47.0. The number of rotatable bonds is 55. The molecule has 0 aliphatic rings. The van der Waals surface area contributed by atoms with Crippen molar-refractivity contribution in [3.8, 4) is 0 Å². The van der Waals surface area contributed by atoms with Gasteiger partial charge in [0, 0.05) is 6.42 Å². The maximum absolute atomic E-state index is 13.0. The molecule has 8 nitrogen and oxygen atoms in total. The number of aliphatic hydroxyl groups is 1. The van der Waals surface area contributed by atoms with E-state index in [2.05, 4.69) is 31.3 Å². The Hall–Kier alpha value is -1.02. The van der Waals surface area contributed by atoms with Gasteiger partial charge in [0.15, 0.2) is 0 Å². The van der Waals surface area contributed by atoms with Gasteiger partial charge in [-0.1, -0.05) is 269 Å². The molecule has 0 radical (unpaired) electrons. The predicted octanol–water partition coefficient (Wildman–Crippen LogP) is 17.4. The molecule has 9 heteroatoms. The third-order valence-electron chi connectivity index (χ3n) is 13.7. The van der Waals surface area contributed by atoms with Crippen LogP contribution in [0.1, 0.15) is 296 Å². The molecule has 0 rings (SSSR count). The fraction of sp³-hybridized carbons (Fsp3) is 0.915. The van der Waals surface area contributed by atoms with Crippen LogP contribution in [0, 0.1) is 0 Å². The first kappa shape index (κ1) is 67.0. The number of aliphatic hydroxyl groups excluding tert-OH is 1. The van der Waals surface area contributed by atoms with E-state index in [1.165, 1.54) is 238 Å². The molecule has 3 atom stereocenters. The van der Waals surface area contributed by atoms with Crippen LogP contribution in [0.15, 0.2) is 24.3 Å². The monoisotopic (exact) mass is 981 g/mol. The summed E-state index contributed by atoms with van der Waals surface area (Å²) >= 11 is 0. The summed E-state index contributed by atoms with van der Waals surface area (Å²) in [7, 11) is 1.27. The van der Waals surface area contributed by atoms with Gasteiger partial charge >= 0.3 is 0 Å². The smallest absolute Gasteiger partial charge is 0.268 e. The van der Waals surface area contributed by atoms with Crippen LogP contribution >= 0.6 is 7.82 Å². The first-order chi connectivity index (χ1) is 33.0. The molecule has 2 N–H and O–H groups in total. The molecule has 404 valence electrons. The number of amides is 1. The number of phosphoric acid groups is 1. The van der Waals surface area contributed by atoms with E-state index in [1.807, 2.05) is 27.2 Å². The second kappa shape index (κ2) is 50.9. The van der Waals surface area contributed by atoms with E-state index in [4.69, 9.17) is 9.05 Å². The van der Waals surface area contributed by atoms with E-state index in [1.54, 1.807) is 6.08 Å². The van der Waals surface area contributed by atoms with Gasteiger partial charge in [0.2, 0.25) is 5.91 Å². The Kier molecular flexibility index (Phi) is 50.1. The zero-order valence-electron chi connectivity index (χ0n) is 46.1. The summed E-state index contributed by atoms with van der Waals surface area (Å²) in [6, 6.07) is -0.887. The van der Waals surface area contributed by atoms with Crippen LogP contribution in [-0.2, 0) is 18.4 Å². The van der Waals surface area contributed by atoms with E-state index in [-0.39, 0.29) is 19.1 Å². The fourth-order valence-corrected chi connectivity index (χ4v) is 9.70. The molecule has 0 saturated carbocycles. The van der Waals surface area contributed by atoms with E-state index in [0.717, 1.165) is 38.5 Å². The van der Waals surface area contributed by atoms with Crippen molar-refractivity contribution >= 4 is 13.7 Å². The number of unbranched alkanes of at least 4 members (excludes halogenated alkanes) is 40. The molecule has 0 spiro atoms. The first-order valence-corrected chi connectivity index (χ1v) is 31.2. The number of likely N-dealkylation sites (N-methyl/N-ethyl adjacent to an activating group) is 1. The minimum absolute atomic E-state index is 0.000201. The number of hydrogen-bond donors (Lipinski definition) is 2. The zero-order chi connectivity index (χ0) is 49.9. The fourth-order valence-electron chi connectivity index (χ4n) is 8.97. The first-order valence-electron chi connectivity index (χ1n) is 29.7. The van der Waals surface area contributed by atoms with Crippen LogP contribution in [-0.4, -0.2) is 68.5 Å². The van der Waals surface area contributed by atoms with Crippen molar-refractivity contribution in [2.24, 2.45) is 0 Å². The molecule has 3 unspecified atom stereocenters. The Balaban J connectivity index is 4.15. The number of carbonyl (C=O) groups is 1. The Morgan fingerprint density at radius 1 is 0.500 bits per heavy atom. The summed E-state index contributed by atoms with van der Waals surface area (Å²) < 4.78 is 23.4. The maximum Gasteiger partial charge on any atom is 0.268 e. The topological polar surface area (TPSA) is 108 Å². The van der Waals surface area contributed by atoms with E-state index in [9.17, 15) is 19.4 Å². The van der Waals surface area contributed by atoms with Crippen LogP contribution in [0.25, 0.3) is 0 Å². The van der Waals surface area contributed by atoms with Gasteiger partial charge in [-0.25, -0.2) is 0 Å². The highest BCUT2D eigenvalue weighted by atomic mass is 31.2. The molecule has 0 aromatic rings. The standard InChI is InChI=1S/C59H117N2O6P/c1-6-8-10-12-14-16-18-20-22-24-26-27-28-29-30-31-32-33-34-35-36-38-40-42-44-46-48-50-52-58(62)57(56-67-68(64,65)66-55-54-61(3,4)5)60-59(63)53-51-49-47-45-43-41-39-37-25-23-21-19-17-15-13-11-9-7-2/h23,25,50,52,57-58,62H,6-22,24,26-49,51,53-56H2,1-5H3,(H-,60,63,64,65)/b25-23-,52-50+. The number of carbonyl (C=O) groups excluding carboxylic acids is 1. The molecule has 0 saturated heterocycles. The lowest BCUT2D eigenvalue weighted by Gasteiger charge is -2.29. The highest BCUT2D eigenvalue weighted by Crippen LogP contribution is 2.38. The summed E-state index contributed by atoms with van der Waals surface area (Å²) in [5.41, 5.74) is 0. The van der Waals surface area contributed by atoms with Crippen molar-refractivity contribution in [2.75, 3.05) is 40.9 Å². The molecular formula is C59H117N2O6P. The number of nitrogens with one attached hydrogen (secondary N) is 1. The molecule has 68 heavy (non-hydrogen) atoms. The average molecular weight is 982 g/mol. The molecule has 0 aliphatic carbocycles. The van der Waals surface area contributed by atoms with Gasteiger partial charge in [0.25, 0.3) is 7.82 Å². The molecule has 0 aromatic carbocycles. The predicted molar refractivity (Wildman–Crippen MR) is 293 cm³/mol. The molecular weight excluding hydrogens is 864 g/mol. The van der Waals surface area contributed by atoms with Crippen LogP contribution in [0.5, 0.6) is 0 Å². The quantitative estimate of drug-likeness (QED) is 0.0272. The number of quaternary nitrogens is 1. The highest BCUT2D eigenvalue weighted by Gasteiger charge is 2.23. The minimum Gasteiger partial charge on any atom is -0.756 e. The number of nitrogens with zero attached hydrogens (tertiary/aromatic N) is 1. The van der Waals surface area contributed by atoms with Crippen LogP contribution in [0.3, 0.4) is 0 Å². The van der Waals surface area contributed by atoms with Crippen molar-refractivity contribution in [1.82, 2.24) is 5.32 Å². The minimum atomic E-state index is -4.60. The van der Waals surface area contributed by atoms with Gasteiger partial charge in [0.05, 0.1) is 39.9 Å². The van der Waals surface area contributed by atoms with Crippen LogP contribution in [0.2, 0.25) is 0 Å². The Bertz CT molecular complexity index is 1160. The third-order valence-corrected chi connectivity index (χ3v) is 14.6. The van der Waals surface area contributed by atoms with Crippen molar-refractivity contribution in [2.45, 2.75) is 309 Å². The van der Waals surface area contributed by atoms with Crippen molar-refractivity contribution in [3.05, 3.63) is 24.3 Å². The van der Waals surface area contributed by atoms with Crippen molar-refractivity contribution in [1.29, 1.82) is 0 Å². The molecule has 0 bridgehead atoms. The summed E-state index contributed by atoms with van der Waals surface area (Å²) in [5.74, 6) is -0.198. The number of phosphoric ester groups is 1. The SMILES string of the molecule is CCCCCCCCC/C=C\CCCCCCCCCC(=O)NC(COP(=O)([O-])OCC[N+](C)(C)C)C(O)/C=C/CCCCCCCCCCCCCCCCCCCCCCCCCCCC. The molecule has 0 aromatic heterocycles. The summed E-state index contributed by atoms with van der Waals surface area (Å²) in [6.45, 7) is 4.68. The Morgan fingerprint density at radius 3 is 1.15 bits per heavy atom. The second-order valence-corrected chi connectivity index (χ2v) is 23.1. The van der Waals surface area contributed by atoms with Gasteiger partial charge in [-0.2, -0.15) is 0 Å². The normalized spacial score (nSPS) is 14.0. The Morgan fingerprint density at radius 2 is 0.809 bits per heavy atom. The number of allylic oxidation sites excluding steroid dienone is 3. The lowest BCUT2D eigenvalue weighted by Crippen LogP contribution is -2.45. The summed E-state index contributed by atoms with van der Waals surface area (Å²) in [4.78, 5) is 25.5. The average Bonchev–Trinajstić information content (AvgIpc) is 3.30. The van der Waals surface area contributed by atoms with E-state index < -0.39 is 20.0 Å². The molecule has 0 fully saturated rings. The van der Waals surface area contributed by atoms with Crippen LogP contribution < -0.4 is 10.2 Å². The lowest BCUT2D eigenvalue weighted by atomic mass is 10.0. The van der Waals surface area contributed by atoms with E-state index >= 15 is 0 Å². The molecule has 0 aliphatic heterocycles. The lowest BCUT2D eigenvalue weighted by molar-refractivity contribution is -0.870. The molecule has 0 heterocycles. The highest BCUT2D eigenvalue weighted by molar-refractivity contribution is 7.45. The third kappa shape index (κ3) is 52.8.